The van der Waals surface area contributed by atoms with Gasteiger partial charge in [0.1, 0.15) is 0 Å². The van der Waals surface area contributed by atoms with Crippen LogP contribution < -0.4 is 24.8 Å². The molecule has 21 heavy (non-hydrogen) atoms. The fourth-order valence-corrected chi connectivity index (χ4v) is 1.28. The van der Waals surface area contributed by atoms with Gasteiger partial charge < -0.3 is 29.6 Å². The first-order valence-corrected chi connectivity index (χ1v) is 6.52. The summed E-state index contributed by atoms with van der Waals surface area (Å²) in [7, 11) is 5.59. The van der Waals surface area contributed by atoms with Gasteiger partial charge in [0.05, 0.1) is 0 Å². The molecule has 0 aliphatic heterocycles. The molecule has 114 valence electrons. The summed E-state index contributed by atoms with van der Waals surface area (Å²) in [6.07, 6.45) is 20.0. The van der Waals surface area contributed by atoms with E-state index in [1.165, 1.54) is 0 Å². The maximum atomic E-state index is 5.59. The topological polar surface area (TPSA) is 3.24 Å². The Hall–Kier alpha value is 0.448. The number of halogens is 2. The van der Waals surface area contributed by atoms with Gasteiger partial charge in [0, 0.05) is 0 Å². The van der Waals surface area contributed by atoms with Crippen LogP contribution >= 0.6 is 0 Å². The molecule has 0 bridgehead atoms. The molecule has 2 radical (unpaired) electrons. The van der Waals surface area contributed by atoms with E-state index < -0.39 is 0 Å². The van der Waals surface area contributed by atoms with Crippen molar-refractivity contribution in [2.45, 2.75) is 52.6 Å². The average molecular weight is 403 g/mol. The molecular formula is C16H24BCl2NZr. The normalized spacial score (nSPS) is 12.9. The van der Waals surface area contributed by atoms with Crippen LogP contribution in [0.4, 0.5) is 0 Å². The van der Waals surface area contributed by atoms with Crippen molar-refractivity contribution in [2.24, 2.45) is 0 Å². The first-order chi connectivity index (χ1) is 8.55. The van der Waals surface area contributed by atoms with E-state index in [0.29, 0.717) is 12.1 Å². The Balaban J connectivity index is -0.0000000989. The number of hydrogen-bond donors (Lipinski definition) is 0. The van der Waals surface area contributed by atoms with E-state index in [-0.39, 0.29) is 51.0 Å². The van der Waals surface area contributed by atoms with Crippen molar-refractivity contribution in [2.75, 3.05) is 0 Å². The van der Waals surface area contributed by atoms with E-state index in [1.807, 2.05) is 29.1 Å². The number of rotatable bonds is 2. The van der Waals surface area contributed by atoms with Crippen LogP contribution in [0.25, 0.3) is 0 Å². The zero-order valence-electron chi connectivity index (χ0n) is 13.3. The third-order valence-electron chi connectivity index (χ3n) is 2.36. The van der Waals surface area contributed by atoms with Crippen LogP contribution in [0.2, 0.25) is 0 Å². The van der Waals surface area contributed by atoms with Gasteiger partial charge in [0.2, 0.25) is 0 Å². The van der Waals surface area contributed by atoms with Gasteiger partial charge in [-0.15, -0.1) is 12.8 Å². The molecular weight excluding hydrogens is 379 g/mol. The molecule has 0 saturated heterocycles. The first-order valence-electron chi connectivity index (χ1n) is 6.52. The summed E-state index contributed by atoms with van der Waals surface area (Å²) in [5, 5.41) is 0. The minimum atomic E-state index is 0. The largest absolute Gasteiger partial charge is 4.00 e. The zero-order valence-corrected chi connectivity index (χ0v) is 17.3. The minimum absolute atomic E-state index is 0. The van der Waals surface area contributed by atoms with Gasteiger partial charge in [-0.1, -0.05) is 27.7 Å². The van der Waals surface area contributed by atoms with E-state index >= 15 is 0 Å². The molecule has 0 N–H and O–H groups in total. The maximum absolute atomic E-state index is 5.59. The minimum Gasteiger partial charge on any atom is -1.00 e. The van der Waals surface area contributed by atoms with Crippen LogP contribution in [-0.4, -0.2) is 24.9 Å². The quantitative estimate of drug-likeness (QED) is 0.374. The number of hydrogen-bond acceptors (Lipinski definition) is 1. The molecule has 0 spiro atoms. The molecule has 0 amide bonds. The number of nitrogens with zero attached hydrogens (tertiary/aromatic N) is 1. The fourth-order valence-electron chi connectivity index (χ4n) is 1.28. The van der Waals surface area contributed by atoms with Crippen molar-refractivity contribution >= 4 is 7.98 Å². The molecule has 0 aromatic carbocycles. The van der Waals surface area contributed by atoms with Gasteiger partial charge in [-0.25, -0.2) is 24.3 Å². The van der Waals surface area contributed by atoms with Crippen molar-refractivity contribution in [3.63, 3.8) is 0 Å². The molecule has 2 aliphatic carbocycles. The van der Waals surface area contributed by atoms with Crippen LogP contribution in [0.15, 0.2) is 36.5 Å². The molecule has 0 aromatic heterocycles. The summed E-state index contributed by atoms with van der Waals surface area (Å²) in [4.78, 5) is 1.83. The molecule has 2 rings (SSSR count). The van der Waals surface area contributed by atoms with E-state index in [9.17, 15) is 0 Å². The molecule has 0 unspecified atom stereocenters. The Kier molecular flexibility index (Phi) is 28.7. The van der Waals surface area contributed by atoms with Crippen LogP contribution in [-0.2, 0) is 26.2 Å². The van der Waals surface area contributed by atoms with Crippen LogP contribution in [0, 0.1) is 12.2 Å². The van der Waals surface area contributed by atoms with Gasteiger partial charge in [0.25, 0.3) is 0 Å². The second-order valence-corrected chi connectivity index (χ2v) is 4.64. The van der Waals surface area contributed by atoms with E-state index in [4.69, 9.17) is 7.98 Å². The average Bonchev–Trinajstić information content (AvgIpc) is 3.05. The SMILES string of the molecule is [B]N(C(C)C)C(C)C.[C-]1=CC=CC1.[C-]1=CC=CC1.[Cl-].[Cl-].[Zr+4]. The Labute approximate surface area is 164 Å². The van der Waals surface area contributed by atoms with Gasteiger partial charge in [-0.05, 0) is 12.1 Å². The van der Waals surface area contributed by atoms with Crippen molar-refractivity contribution in [3.8, 4) is 0 Å². The Bertz CT molecular complexity index is 263. The van der Waals surface area contributed by atoms with E-state index in [1.54, 1.807) is 0 Å². The molecule has 2 aliphatic rings. The predicted octanol–water partition coefficient (Wildman–Crippen LogP) is -2.19. The standard InChI is InChI=1S/C6H14BN.2C5H5.2ClH.Zr/c1-5(2)8(7)6(3)4;2*1-2-4-5-3-1;;;/h5-6H,1-4H3;2*1-3H,4H2;2*1H;/q;2*-1;;;+4/p-2. The van der Waals surface area contributed by atoms with Crippen LogP contribution in [0.1, 0.15) is 40.5 Å². The number of allylic oxidation sites excluding steroid dienone is 8. The molecule has 0 atom stereocenters. The molecule has 0 heterocycles. The monoisotopic (exact) mass is 401 g/mol. The van der Waals surface area contributed by atoms with Crippen LogP contribution in [0.3, 0.4) is 0 Å². The summed E-state index contributed by atoms with van der Waals surface area (Å²) in [5.74, 6) is 0. The summed E-state index contributed by atoms with van der Waals surface area (Å²) in [5.41, 5.74) is 0. The van der Waals surface area contributed by atoms with Gasteiger partial charge in [0.15, 0.2) is 7.98 Å². The third kappa shape index (κ3) is 20.4. The fraction of sp³-hybridized carbons (Fsp3) is 0.500. The molecule has 0 saturated carbocycles. The Morgan fingerprint density at radius 2 is 1.19 bits per heavy atom. The second-order valence-electron chi connectivity index (χ2n) is 4.64. The van der Waals surface area contributed by atoms with Crippen molar-refractivity contribution < 1.29 is 51.0 Å². The zero-order chi connectivity index (χ0) is 13.8. The second kappa shape index (κ2) is 20.4. The Morgan fingerprint density at radius 3 is 1.24 bits per heavy atom. The Morgan fingerprint density at radius 1 is 0.857 bits per heavy atom. The van der Waals surface area contributed by atoms with Gasteiger partial charge in [-0.2, -0.15) is 12.2 Å². The summed E-state index contributed by atoms with van der Waals surface area (Å²) in [6, 6.07) is 0.907. The molecule has 0 aromatic rings. The predicted molar refractivity (Wildman–Crippen MR) is 81.0 cm³/mol. The van der Waals surface area contributed by atoms with Crippen molar-refractivity contribution in [1.29, 1.82) is 0 Å². The summed E-state index contributed by atoms with van der Waals surface area (Å²) in [6.45, 7) is 8.33. The van der Waals surface area contributed by atoms with Gasteiger partial charge in [-0.3, -0.25) is 12.2 Å². The summed E-state index contributed by atoms with van der Waals surface area (Å²) >= 11 is 0. The van der Waals surface area contributed by atoms with Gasteiger partial charge >= 0.3 is 26.2 Å². The van der Waals surface area contributed by atoms with Crippen LogP contribution in [0.5, 0.6) is 0 Å². The third-order valence-corrected chi connectivity index (χ3v) is 2.36. The smallest absolute Gasteiger partial charge is 1.00 e. The van der Waals surface area contributed by atoms with Crippen molar-refractivity contribution in [1.82, 2.24) is 4.81 Å². The molecule has 5 heteroatoms. The van der Waals surface area contributed by atoms with Crippen molar-refractivity contribution in [3.05, 3.63) is 48.6 Å². The molecule has 0 fully saturated rings. The van der Waals surface area contributed by atoms with E-state index in [0.717, 1.165) is 12.8 Å². The maximum Gasteiger partial charge on any atom is 4.00 e. The summed E-state index contributed by atoms with van der Waals surface area (Å²) < 4.78 is 0. The first kappa shape index (κ1) is 29.5. The molecule has 1 nitrogen and oxygen atoms in total. The van der Waals surface area contributed by atoms with E-state index in [2.05, 4.69) is 52.0 Å².